The lowest BCUT2D eigenvalue weighted by Gasteiger charge is -2.28. The van der Waals surface area contributed by atoms with E-state index in [1.165, 1.54) is 24.0 Å². The van der Waals surface area contributed by atoms with Crippen molar-refractivity contribution in [2.45, 2.75) is 25.3 Å². The second-order valence-electron chi connectivity index (χ2n) is 4.87. The molecule has 0 spiro atoms. The number of hydrogen-bond donors (Lipinski definition) is 1. The fourth-order valence-corrected chi connectivity index (χ4v) is 3.03. The minimum Gasteiger partial charge on any atom is -0.378 e. The van der Waals surface area contributed by atoms with Crippen LogP contribution in [0.2, 0.25) is 0 Å². The Balaban J connectivity index is 2.05. The average Bonchev–Trinajstić information content (AvgIpc) is 2.95. The number of aromatic nitrogens is 2. The molecule has 1 atom stereocenters. The van der Waals surface area contributed by atoms with Crippen LogP contribution >= 0.6 is 12.2 Å². The van der Waals surface area contributed by atoms with Gasteiger partial charge in [0.25, 0.3) is 0 Å². The molecule has 3 rings (SSSR count). The molecule has 1 aromatic heterocycles. The Morgan fingerprint density at radius 2 is 2.26 bits per heavy atom. The van der Waals surface area contributed by atoms with E-state index >= 15 is 0 Å². The zero-order chi connectivity index (χ0) is 13.2. The second kappa shape index (κ2) is 5.13. The van der Waals surface area contributed by atoms with Gasteiger partial charge in [-0.2, -0.15) is 0 Å². The Labute approximate surface area is 118 Å². The van der Waals surface area contributed by atoms with Crippen LogP contribution in [0.4, 0.5) is 0 Å². The monoisotopic (exact) mass is 271 g/mol. The van der Waals surface area contributed by atoms with E-state index in [1.54, 1.807) is 0 Å². The maximum Gasteiger partial charge on any atom is 0.124 e. The normalized spacial score (nSPS) is 17.8. The van der Waals surface area contributed by atoms with Crippen molar-refractivity contribution >= 4 is 17.2 Å². The van der Waals surface area contributed by atoms with Crippen molar-refractivity contribution in [3.05, 3.63) is 53.6 Å². The van der Waals surface area contributed by atoms with Crippen molar-refractivity contribution in [2.24, 2.45) is 0 Å². The summed E-state index contributed by atoms with van der Waals surface area (Å²) in [5.74, 6) is 0. The highest BCUT2D eigenvalue weighted by atomic mass is 32.1. The molecule has 1 aliphatic rings. The summed E-state index contributed by atoms with van der Waals surface area (Å²) in [6.07, 6.45) is 7.27. The maximum absolute atomic E-state index is 5.36. The SMILES string of the molecule is CNC(=S)c1cncn1C1CCCc2ccccc21. The van der Waals surface area contributed by atoms with E-state index in [0.717, 1.165) is 17.1 Å². The first-order chi connectivity index (χ1) is 9.31. The van der Waals surface area contributed by atoms with Gasteiger partial charge in [-0.15, -0.1) is 0 Å². The zero-order valence-corrected chi connectivity index (χ0v) is 11.8. The van der Waals surface area contributed by atoms with E-state index in [-0.39, 0.29) is 0 Å². The number of imidazole rings is 1. The summed E-state index contributed by atoms with van der Waals surface area (Å²) in [5, 5.41) is 3.04. The molecule has 98 valence electrons. The first-order valence-corrected chi connectivity index (χ1v) is 7.04. The first kappa shape index (κ1) is 12.4. The number of rotatable bonds is 2. The van der Waals surface area contributed by atoms with Crippen LogP contribution in [-0.4, -0.2) is 21.6 Å². The third-order valence-electron chi connectivity index (χ3n) is 3.80. The van der Waals surface area contributed by atoms with Crippen LogP contribution in [0.1, 0.15) is 35.7 Å². The molecule has 2 aromatic rings. The highest BCUT2D eigenvalue weighted by Crippen LogP contribution is 2.33. The molecule has 3 nitrogen and oxygen atoms in total. The average molecular weight is 271 g/mol. The quantitative estimate of drug-likeness (QED) is 0.852. The second-order valence-corrected chi connectivity index (χ2v) is 5.28. The Hall–Kier alpha value is -1.68. The Morgan fingerprint density at radius 3 is 3.11 bits per heavy atom. The van der Waals surface area contributed by atoms with Gasteiger partial charge in [0, 0.05) is 7.05 Å². The molecule has 0 fully saturated rings. The van der Waals surface area contributed by atoms with E-state index in [2.05, 4.69) is 39.1 Å². The molecule has 0 saturated carbocycles. The molecular weight excluding hydrogens is 254 g/mol. The molecule has 0 radical (unpaired) electrons. The lowest BCUT2D eigenvalue weighted by atomic mass is 9.87. The molecule has 0 bridgehead atoms. The van der Waals surface area contributed by atoms with Crippen LogP contribution in [-0.2, 0) is 6.42 Å². The van der Waals surface area contributed by atoms with Gasteiger partial charge >= 0.3 is 0 Å². The van der Waals surface area contributed by atoms with Crippen LogP contribution in [0.15, 0.2) is 36.8 Å². The molecule has 19 heavy (non-hydrogen) atoms. The summed E-state index contributed by atoms with van der Waals surface area (Å²) in [7, 11) is 1.86. The van der Waals surface area contributed by atoms with E-state index < -0.39 is 0 Å². The number of hydrogen-bond acceptors (Lipinski definition) is 2. The summed E-state index contributed by atoms with van der Waals surface area (Å²) in [5.41, 5.74) is 3.86. The highest BCUT2D eigenvalue weighted by molar-refractivity contribution is 7.80. The van der Waals surface area contributed by atoms with Gasteiger partial charge in [0.15, 0.2) is 0 Å². The van der Waals surface area contributed by atoms with E-state index in [0.29, 0.717) is 6.04 Å². The molecule has 1 N–H and O–H groups in total. The Morgan fingerprint density at radius 1 is 1.42 bits per heavy atom. The minimum absolute atomic E-state index is 0.355. The molecule has 1 aliphatic carbocycles. The van der Waals surface area contributed by atoms with Gasteiger partial charge in [-0.1, -0.05) is 36.5 Å². The largest absolute Gasteiger partial charge is 0.378 e. The molecule has 1 aromatic carbocycles. The highest BCUT2D eigenvalue weighted by Gasteiger charge is 2.23. The third kappa shape index (κ3) is 2.16. The molecule has 0 amide bonds. The third-order valence-corrected chi connectivity index (χ3v) is 4.21. The molecule has 0 saturated heterocycles. The molecular formula is C15H17N3S. The van der Waals surface area contributed by atoms with Gasteiger partial charge in [0.05, 0.1) is 24.3 Å². The van der Waals surface area contributed by atoms with Gasteiger partial charge in [0.2, 0.25) is 0 Å². The zero-order valence-electron chi connectivity index (χ0n) is 11.0. The van der Waals surface area contributed by atoms with Crippen molar-refractivity contribution < 1.29 is 0 Å². The van der Waals surface area contributed by atoms with Gasteiger partial charge in [-0.25, -0.2) is 4.98 Å². The van der Waals surface area contributed by atoms with Crippen LogP contribution in [0.25, 0.3) is 0 Å². The molecule has 1 heterocycles. The number of thiocarbonyl (C=S) groups is 1. The topological polar surface area (TPSA) is 29.9 Å². The number of nitrogens with zero attached hydrogens (tertiary/aromatic N) is 2. The molecule has 1 unspecified atom stereocenters. The summed E-state index contributed by atoms with van der Waals surface area (Å²) in [6.45, 7) is 0. The summed E-state index contributed by atoms with van der Waals surface area (Å²) < 4.78 is 2.21. The van der Waals surface area contributed by atoms with Gasteiger partial charge in [0.1, 0.15) is 4.99 Å². The Bertz CT molecular complexity index is 603. The predicted molar refractivity (Wildman–Crippen MR) is 80.5 cm³/mol. The Kier molecular flexibility index (Phi) is 3.34. The van der Waals surface area contributed by atoms with Crippen LogP contribution < -0.4 is 5.32 Å². The van der Waals surface area contributed by atoms with Crippen molar-refractivity contribution in [2.75, 3.05) is 7.05 Å². The van der Waals surface area contributed by atoms with Crippen molar-refractivity contribution in [3.8, 4) is 0 Å². The predicted octanol–water partition coefficient (Wildman–Crippen LogP) is 2.70. The van der Waals surface area contributed by atoms with E-state index in [4.69, 9.17) is 12.2 Å². The summed E-state index contributed by atoms with van der Waals surface area (Å²) >= 11 is 5.36. The van der Waals surface area contributed by atoms with Gasteiger partial charge in [-0.05, 0) is 30.4 Å². The molecule has 0 aliphatic heterocycles. The van der Waals surface area contributed by atoms with Crippen molar-refractivity contribution in [1.29, 1.82) is 0 Å². The van der Waals surface area contributed by atoms with Crippen molar-refractivity contribution in [1.82, 2.24) is 14.9 Å². The van der Waals surface area contributed by atoms with E-state index in [9.17, 15) is 0 Å². The minimum atomic E-state index is 0.355. The number of nitrogens with one attached hydrogen (secondary N) is 1. The number of benzene rings is 1. The maximum atomic E-state index is 5.36. The van der Waals surface area contributed by atoms with Gasteiger partial charge in [-0.3, -0.25) is 0 Å². The number of aryl methyl sites for hydroxylation is 1. The molecule has 4 heteroatoms. The van der Waals surface area contributed by atoms with Crippen molar-refractivity contribution in [3.63, 3.8) is 0 Å². The smallest absolute Gasteiger partial charge is 0.124 e. The summed E-state index contributed by atoms with van der Waals surface area (Å²) in [4.78, 5) is 5.03. The van der Waals surface area contributed by atoms with Crippen LogP contribution in [0.5, 0.6) is 0 Å². The first-order valence-electron chi connectivity index (χ1n) is 6.63. The lowest BCUT2D eigenvalue weighted by molar-refractivity contribution is 0.487. The fourth-order valence-electron chi connectivity index (χ4n) is 2.87. The van der Waals surface area contributed by atoms with Gasteiger partial charge < -0.3 is 9.88 Å². The summed E-state index contributed by atoms with van der Waals surface area (Å²) in [6, 6.07) is 9.05. The van der Waals surface area contributed by atoms with Crippen LogP contribution in [0, 0.1) is 0 Å². The number of fused-ring (bicyclic) bond motifs is 1. The van der Waals surface area contributed by atoms with E-state index in [1.807, 2.05) is 19.6 Å². The van der Waals surface area contributed by atoms with Crippen LogP contribution in [0.3, 0.4) is 0 Å². The standard InChI is InChI=1S/C15H17N3S/c1-16-15(19)14-9-17-10-18(14)13-8-4-6-11-5-2-3-7-12(11)13/h2-3,5,7,9-10,13H,4,6,8H2,1H3,(H,16,19). The fraction of sp³-hybridized carbons (Fsp3) is 0.333. The lowest BCUT2D eigenvalue weighted by Crippen LogP contribution is -2.24.